The summed E-state index contributed by atoms with van der Waals surface area (Å²) in [6.07, 6.45) is -0.757. The molecule has 3 aromatic carbocycles. The molecule has 0 unspecified atom stereocenters. The summed E-state index contributed by atoms with van der Waals surface area (Å²) >= 11 is 0. The van der Waals surface area contributed by atoms with Gasteiger partial charge in [0.05, 0.1) is 6.10 Å². The molecule has 0 radical (unpaired) electrons. The molecule has 3 aromatic rings. The van der Waals surface area contributed by atoms with Crippen LogP contribution in [0, 0.1) is 5.92 Å². The highest BCUT2D eigenvalue weighted by atomic mass is 31.2. The van der Waals surface area contributed by atoms with Gasteiger partial charge in [-0.2, -0.15) is 0 Å². The molecule has 0 aliphatic carbocycles. The smallest absolute Gasteiger partial charge is 0.204 e. The maximum Gasteiger partial charge on any atom is 0.204 e. The molecule has 0 fully saturated rings. The molecule has 2 N–H and O–H groups in total. The third-order valence-electron chi connectivity index (χ3n) is 4.77. The summed E-state index contributed by atoms with van der Waals surface area (Å²) in [6, 6.07) is 28.1. The minimum atomic E-state index is -3.12. The van der Waals surface area contributed by atoms with Gasteiger partial charge < -0.3 is 5.11 Å². The van der Waals surface area contributed by atoms with Crippen molar-refractivity contribution in [3.8, 4) is 0 Å². The van der Waals surface area contributed by atoms with Gasteiger partial charge in [-0.15, -0.1) is 0 Å². The van der Waals surface area contributed by atoms with Crippen LogP contribution in [0.2, 0.25) is 0 Å². The van der Waals surface area contributed by atoms with Crippen molar-refractivity contribution in [2.45, 2.75) is 26.0 Å². The Hall–Kier alpha value is -2.19. The molecule has 0 heterocycles. The minimum absolute atomic E-state index is 0.0842. The van der Waals surface area contributed by atoms with Crippen LogP contribution in [0.15, 0.2) is 91.0 Å². The van der Waals surface area contributed by atoms with Gasteiger partial charge in [0.25, 0.3) is 0 Å². The van der Waals surface area contributed by atoms with E-state index in [4.69, 9.17) is 0 Å². The van der Waals surface area contributed by atoms with Gasteiger partial charge in [-0.3, -0.25) is 9.65 Å². The lowest BCUT2D eigenvalue weighted by molar-refractivity contribution is 0.117. The van der Waals surface area contributed by atoms with Crippen molar-refractivity contribution < 1.29 is 9.67 Å². The van der Waals surface area contributed by atoms with Crippen molar-refractivity contribution in [2.24, 2.45) is 5.92 Å². The third kappa shape index (κ3) is 4.39. The van der Waals surface area contributed by atoms with E-state index in [1.165, 1.54) is 0 Å². The van der Waals surface area contributed by atoms with Crippen LogP contribution in [0.3, 0.4) is 0 Å². The zero-order valence-electron chi connectivity index (χ0n) is 15.7. The number of benzene rings is 3. The van der Waals surface area contributed by atoms with E-state index < -0.39 is 13.4 Å². The molecule has 0 saturated heterocycles. The van der Waals surface area contributed by atoms with Crippen LogP contribution >= 0.6 is 7.29 Å². The Balaban J connectivity index is 2.03. The number of aliphatic hydroxyl groups excluding tert-OH is 1. The molecule has 140 valence electrons. The monoisotopic (exact) mass is 379 g/mol. The molecular weight excluding hydrogens is 353 g/mol. The second kappa shape index (κ2) is 8.67. The Morgan fingerprint density at radius 3 is 1.56 bits per heavy atom. The van der Waals surface area contributed by atoms with Crippen LogP contribution in [0.5, 0.6) is 0 Å². The topological polar surface area (TPSA) is 49.3 Å². The van der Waals surface area contributed by atoms with Gasteiger partial charge in [-0.25, -0.2) is 0 Å². The quantitative estimate of drug-likeness (QED) is 0.603. The molecule has 27 heavy (non-hydrogen) atoms. The Labute approximate surface area is 161 Å². The van der Waals surface area contributed by atoms with E-state index in [1.807, 2.05) is 105 Å². The van der Waals surface area contributed by atoms with E-state index in [9.17, 15) is 9.67 Å². The molecule has 3 nitrogen and oxygen atoms in total. The maximum absolute atomic E-state index is 14.2. The van der Waals surface area contributed by atoms with Crippen molar-refractivity contribution >= 4 is 17.9 Å². The summed E-state index contributed by atoms with van der Waals surface area (Å²) in [6.45, 7) is 4.06. The van der Waals surface area contributed by atoms with E-state index in [1.54, 1.807) is 0 Å². The zero-order chi connectivity index (χ0) is 19.3. The normalized spacial score (nSPS) is 14.1. The van der Waals surface area contributed by atoms with Gasteiger partial charge in [0.15, 0.2) is 0 Å². The average molecular weight is 379 g/mol. The molecular formula is C23H26NO2P. The predicted octanol–water partition coefficient (Wildman–Crippen LogP) is 4.26. The van der Waals surface area contributed by atoms with Crippen LogP contribution in [0.4, 0.5) is 0 Å². The third-order valence-corrected chi connectivity index (χ3v) is 7.48. The molecule has 0 bridgehead atoms. The molecule has 0 saturated carbocycles. The first-order valence-electron chi connectivity index (χ1n) is 9.24. The fourth-order valence-electron chi connectivity index (χ4n) is 3.23. The highest BCUT2D eigenvalue weighted by Gasteiger charge is 2.34. The fourth-order valence-corrected chi connectivity index (χ4v) is 5.87. The molecule has 0 aromatic heterocycles. The lowest BCUT2D eigenvalue weighted by Crippen LogP contribution is -2.42. The van der Waals surface area contributed by atoms with Gasteiger partial charge in [-0.1, -0.05) is 80.6 Å². The molecule has 3 rings (SSSR count). The van der Waals surface area contributed by atoms with Gasteiger partial charge >= 0.3 is 0 Å². The van der Waals surface area contributed by atoms with Gasteiger partial charge in [0.1, 0.15) is 0 Å². The zero-order valence-corrected chi connectivity index (χ0v) is 16.6. The van der Waals surface area contributed by atoms with Gasteiger partial charge in [0, 0.05) is 16.7 Å². The largest absolute Gasteiger partial charge is 0.387 e. The van der Waals surface area contributed by atoms with E-state index in [-0.39, 0.29) is 12.0 Å². The van der Waals surface area contributed by atoms with Crippen LogP contribution in [-0.2, 0) is 4.57 Å². The van der Waals surface area contributed by atoms with Crippen LogP contribution in [0.25, 0.3) is 0 Å². The minimum Gasteiger partial charge on any atom is -0.387 e. The first kappa shape index (κ1) is 19.6. The standard InChI is InChI=1S/C23H26NO2P/c1-18(2)22(23(25)19-12-6-3-7-13-19)24-27(26,20-14-8-4-9-15-20)21-16-10-5-11-17-21/h3-18,22-23,25H,1-2H3,(H,24,26)/t22-,23+/m0/s1. The summed E-state index contributed by atoms with van der Waals surface area (Å²) < 4.78 is 14.2. The molecule has 0 amide bonds. The van der Waals surface area contributed by atoms with E-state index in [2.05, 4.69) is 5.09 Å². The molecule has 2 atom stereocenters. The first-order valence-corrected chi connectivity index (χ1v) is 10.9. The van der Waals surface area contributed by atoms with Crippen molar-refractivity contribution in [1.82, 2.24) is 5.09 Å². The number of hydrogen-bond donors (Lipinski definition) is 2. The van der Waals surface area contributed by atoms with E-state index in [0.717, 1.165) is 16.2 Å². The van der Waals surface area contributed by atoms with Crippen molar-refractivity contribution in [2.75, 3.05) is 0 Å². The van der Waals surface area contributed by atoms with E-state index >= 15 is 0 Å². The Morgan fingerprint density at radius 1 is 0.741 bits per heavy atom. The molecule has 0 aliphatic rings. The summed E-state index contributed by atoms with van der Waals surface area (Å²) in [4.78, 5) is 0. The molecule has 4 heteroatoms. The highest BCUT2D eigenvalue weighted by Crippen LogP contribution is 2.41. The van der Waals surface area contributed by atoms with Crippen LogP contribution < -0.4 is 15.7 Å². The number of hydrogen-bond acceptors (Lipinski definition) is 2. The lowest BCUT2D eigenvalue weighted by atomic mass is 9.94. The van der Waals surface area contributed by atoms with Crippen molar-refractivity contribution in [3.63, 3.8) is 0 Å². The second-order valence-corrected chi connectivity index (χ2v) is 9.54. The summed E-state index contributed by atoms with van der Waals surface area (Å²) in [7, 11) is -3.12. The maximum atomic E-state index is 14.2. The van der Waals surface area contributed by atoms with Crippen LogP contribution in [-0.4, -0.2) is 11.1 Å². The average Bonchev–Trinajstić information content (AvgIpc) is 2.73. The second-order valence-electron chi connectivity index (χ2n) is 7.03. The molecule has 0 spiro atoms. The van der Waals surface area contributed by atoms with E-state index in [0.29, 0.717) is 0 Å². The fraction of sp³-hybridized carbons (Fsp3) is 0.217. The first-order chi connectivity index (χ1) is 13.0. The number of rotatable bonds is 7. The predicted molar refractivity (Wildman–Crippen MR) is 113 cm³/mol. The molecule has 0 aliphatic heterocycles. The SMILES string of the molecule is CC(C)[C@H](NP(=O)(c1ccccc1)c1ccccc1)[C@H](O)c1ccccc1. The Morgan fingerprint density at radius 2 is 1.15 bits per heavy atom. The summed E-state index contributed by atoms with van der Waals surface area (Å²) in [5, 5.41) is 15.9. The number of aliphatic hydroxyl groups is 1. The van der Waals surface area contributed by atoms with Gasteiger partial charge in [0.2, 0.25) is 7.29 Å². The van der Waals surface area contributed by atoms with Crippen molar-refractivity contribution in [3.05, 3.63) is 96.6 Å². The number of nitrogens with one attached hydrogen (secondary N) is 1. The highest BCUT2D eigenvalue weighted by molar-refractivity contribution is 7.76. The Bertz CT molecular complexity index is 839. The summed E-state index contributed by atoms with van der Waals surface area (Å²) in [5.74, 6) is 0.0842. The Kier molecular flexibility index (Phi) is 6.28. The van der Waals surface area contributed by atoms with Crippen LogP contribution in [0.1, 0.15) is 25.5 Å². The lowest BCUT2D eigenvalue weighted by Gasteiger charge is -2.32. The van der Waals surface area contributed by atoms with Crippen molar-refractivity contribution in [1.29, 1.82) is 0 Å². The summed E-state index contributed by atoms with van der Waals surface area (Å²) in [5.41, 5.74) is 0.816. The van der Waals surface area contributed by atoms with Gasteiger partial charge in [-0.05, 0) is 35.7 Å².